The molecule has 3 rings (SSSR count). The van der Waals surface area contributed by atoms with E-state index in [-0.39, 0.29) is 24.0 Å². The predicted octanol–water partition coefficient (Wildman–Crippen LogP) is 3.69. The van der Waals surface area contributed by atoms with Gasteiger partial charge in [-0.25, -0.2) is 0 Å². The average Bonchev–Trinajstić information content (AvgIpc) is 3.13. The van der Waals surface area contributed by atoms with Gasteiger partial charge in [0.05, 0.1) is 10.4 Å². The first-order valence-electron chi connectivity index (χ1n) is 10.4. The molecule has 0 amide bonds. The summed E-state index contributed by atoms with van der Waals surface area (Å²) >= 11 is 7.72. The molecule has 1 N–H and O–H groups in total. The normalized spacial score (nSPS) is 19.2. The first-order chi connectivity index (χ1) is 13.7. The highest BCUT2D eigenvalue weighted by Gasteiger charge is 2.20. The summed E-state index contributed by atoms with van der Waals surface area (Å²) in [6.07, 6.45) is 3.38. The molecule has 0 atom stereocenters. The van der Waals surface area contributed by atoms with Crippen molar-refractivity contribution in [3.63, 3.8) is 0 Å². The summed E-state index contributed by atoms with van der Waals surface area (Å²) in [5.74, 6) is 1.03. The lowest BCUT2D eigenvalue weighted by Gasteiger charge is -2.36. The Hall–Kier alpha value is -0.130. The van der Waals surface area contributed by atoms with Crippen molar-refractivity contribution in [1.82, 2.24) is 15.1 Å². The second kappa shape index (κ2) is 14.0. The standard InChI is InChI=1S/C20H33ClN4O2S.HI/c1-2-22-20(23-8-3-13-27-17-6-14-26-15-7-17)25-11-9-24(10-12-25)16-18-4-5-19(21)28-18;/h4-5,17H,2-3,6-16H2,1H3,(H,22,23);1H. The number of nitrogens with one attached hydrogen (secondary N) is 1. The van der Waals surface area contributed by atoms with Crippen molar-refractivity contribution in [3.8, 4) is 0 Å². The number of hydrogen-bond acceptors (Lipinski definition) is 5. The van der Waals surface area contributed by atoms with E-state index in [1.165, 1.54) is 4.88 Å². The van der Waals surface area contributed by atoms with Gasteiger partial charge in [0.15, 0.2) is 5.96 Å². The summed E-state index contributed by atoms with van der Waals surface area (Å²) in [5, 5.41) is 3.45. The molecule has 1 aromatic heterocycles. The summed E-state index contributed by atoms with van der Waals surface area (Å²) in [7, 11) is 0. The summed E-state index contributed by atoms with van der Waals surface area (Å²) in [4.78, 5) is 11.0. The highest BCUT2D eigenvalue weighted by Crippen LogP contribution is 2.23. The van der Waals surface area contributed by atoms with Crippen LogP contribution in [0.3, 0.4) is 0 Å². The number of ether oxygens (including phenoxy) is 2. The van der Waals surface area contributed by atoms with E-state index in [0.29, 0.717) is 6.10 Å². The second-order valence-electron chi connectivity index (χ2n) is 7.24. The summed E-state index contributed by atoms with van der Waals surface area (Å²) in [6, 6.07) is 4.12. The van der Waals surface area contributed by atoms with Gasteiger partial charge in [-0.2, -0.15) is 0 Å². The van der Waals surface area contributed by atoms with Gasteiger partial charge in [-0.3, -0.25) is 9.89 Å². The Labute approximate surface area is 201 Å². The molecule has 2 fully saturated rings. The molecular formula is C20H34ClIN4O2S. The van der Waals surface area contributed by atoms with E-state index in [2.05, 4.69) is 28.1 Å². The summed E-state index contributed by atoms with van der Waals surface area (Å²) < 4.78 is 12.2. The van der Waals surface area contributed by atoms with Crippen molar-refractivity contribution >= 4 is 52.9 Å². The maximum atomic E-state index is 6.05. The maximum Gasteiger partial charge on any atom is 0.194 e. The van der Waals surface area contributed by atoms with Gasteiger partial charge in [0.2, 0.25) is 0 Å². The quantitative estimate of drug-likeness (QED) is 0.229. The van der Waals surface area contributed by atoms with Gasteiger partial charge in [0.25, 0.3) is 0 Å². The Morgan fingerprint density at radius 1 is 1.28 bits per heavy atom. The molecule has 2 aliphatic rings. The molecule has 2 aliphatic heterocycles. The van der Waals surface area contributed by atoms with Gasteiger partial charge in [0, 0.05) is 70.5 Å². The molecule has 0 unspecified atom stereocenters. The molecule has 6 nitrogen and oxygen atoms in total. The van der Waals surface area contributed by atoms with Crippen molar-refractivity contribution < 1.29 is 9.47 Å². The van der Waals surface area contributed by atoms with Crippen LogP contribution in [0.4, 0.5) is 0 Å². The van der Waals surface area contributed by atoms with Crippen LogP contribution >= 0.6 is 46.9 Å². The fraction of sp³-hybridized carbons (Fsp3) is 0.750. The van der Waals surface area contributed by atoms with Crippen LogP contribution in [0.25, 0.3) is 0 Å². The van der Waals surface area contributed by atoms with E-state index in [1.54, 1.807) is 11.3 Å². The first kappa shape index (κ1) is 25.1. The fourth-order valence-electron chi connectivity index (χ4n) is 3.54. The van der Waals surface area contributed by atoms with Gasteiger partial charge >= 0.3 is 0 Å². The smallest absolute Gasteiger partial charge is 0.194 e. The van der Waals surface area contributed by atoms with Crippen LogP contribution in [-0.4, -0.2) is 81.0 Å². The van der Waals surface area contributed by atoms with Crippen LogP contribution < -0.4 is 5.32 Å². The monoisotopic (exact) mass is 556 g/mol. The number of guanidine groups is 1. The van der Waals surface area contributed by atoms with Gasteiger partial charge in [-0.15, -0.1) is 35.3 Å². The molecule has 0 radical (unpaired) electrons. The van der Waals surface area contributed by atoms with Gasteiger partial charge in [0.1, 0.15) is 0 Å². The number of thiophene rings is 1. The molecular weight excluding hydrogens is 523 g/mol. The van der Waals surface area contributed by atoms with Crippen molar-refractivity contribution in [3.05, 3.63) is 21.3 Å². The van der Waals surface area contributed by atoms with Crippen molar-refractivity contribution in [1.29, 1.82) is 0 Å². The molecule has 0 aliphatic carbocycles. The van der Waals surface area contributed by atoms with Crippen LogP contribution in [0.2, 0.25) is 4.34 Å². The van der Waals surface area contributed by atoms with Crippen LogP contribution in [0.1, 0.15) is 31.1 Å². The molecule has 0 saturated carbocycles. The van der Waals surface area contributed by atoms with Crippen molar-refractivity contribution in [2.45, 2.75) is 38.8 Å². The Morgan fingerprint density at radius 2 is 2.03 bits per heavy atom. The number of rotatable bonds is 8. The largest absolute Gasteiger partial charge is 0.381 e. The fourth-order valence-corrected chi connectivity index (χ4v) is 4.67. The van der Waals surface area contributed by atoms with E-state index in [1.807, 2.05) is 6.07 Å². The Kier molecular flexibility index (Phi) is 12.2. The van der Waals surface area contributed by atoms with Crippen LogP contribution in [0, 0.1) is 0 Å². The number of hydrogen-bond donors (Lipinski definition) is 1. The third kappa shape index (κ3) is 8.86. The minimum Gasteiger partial charge on any atom is -0.381 e. The third-order valence-electron chi connectivity index (χ3n) is 5.10. The van der Waals surface area contributed by atoms with E-state index in [0.717, 1.165) is 95.2 Å². The van der Waals surface area contributed by atoms with Crippen LogP contribution in [0.15, 0.2) is 17.1 Å². The molecule has 166 valence electrons. The summed E-state index contributed by atoms with van der Waals surface area (Å²) in [6.45, 7) is 11.4. The highest BCUT2D eigenvalue weighted by molar-refractivity contribution is 14.0. The third-order valence-corrected chi connectivity index (χ3v) is 6.32. The zero-order chi connectivity index (χ0) is 19.6. The number of piperazine rings is 1. The molecule has 0 bridgehead atoms. The number of nitrogens with zero attached hydrogens (tertiary/aromatic N) is 3. The lowest BCUT2D eigenvalue weighted by atomic mass is 10.1. The van der Waals surface area contributed by atoms with Crippen LogP contribution in [-0.2, 0) is 16.0 Å². The molecule has 2 saturated heterocycles. The molecule has 29 heavy (non-hydrogen) atoms. The topological polar surface area (TPSA) is 49.3 Å². The molecule has 3 heterocycles. The molecule has 9 heteroatoms. The molecule has 0 spiro atoms. The Morgan fingerprint density at radius 3 is 2.69 bits per heavy atom. The Bertz CT molecular complexity index is 605. The molecule has 0 aromatic carbocycles. The average molecular weight is 557 g/mol. The zero-order valence-electron chi connectivity index (χ0n) is 17.3. The van der Waals surface area contributed by atoms with Crippen LogP contribution in [0.5, 0.6) is 0 Å². The number of halogens is 2. The van der Waals surface area contributed by atoms with Crippen molar-refractivity contribution in [2.75, 3.05) is 59.1 Å². The predicted molar refractivity (Wildman–Crippen MR) is 132 cm³/mol. The lowest BCUT2D eigenvalue weighted by Crippen LogP contribution is -2.52. The maximum absolute atomic E-state index is 6.05. The summed E-state index contributed by atoms with van der Waals surface area (Å²) in [5.41, 5.74) is 0. The van der Waals surface area contributed by atoms with Crippen molar-refractivity contribution in [2.24, 2.45) is 4.99 Å². The lowest BCUT2D eigenvalue weighted by molar-refractivity contribution is -0.0318. The first-order valence-corrected chi connectivity index (χ1v) is 11.6. The SMILES string of the molecule is CCNC(=NCCCOC1CCOCC1)N1CCN(Cc2ccc(Cl)s2)CC1.I. The zero-order valence-corrected chi connectivity index (χ0v) is 21.2. The minimum atomic E-state index is 0. The van der Waals surface area contributed by atoms with Gasteiger partial charge in [-0.1, -0.05) is 11.6 Å². The van der Waals surface area contributed by atoms with E-state index in [4.69, 9.17) is 26.1 Å². The van der Waals surface area contributed by atoms with Gasteiger partial charge in [-0.05, 0) is 38.3 Å². The number of aliphatic imine (C=N–C) groups is 1. The minimum absolute atomic E-state index is 0. The molecule has 1 aromatic rings. The van der Waals surface area contributed by atoms with E-state index >= 15 is 0 Å². The highest BCUT2D eigenvalue weighted by atomic mass is 127. The van der Waals surface area contributed by atoms with Gasteiger partial charge < -0.3 is 19.7 Å². The second-order valence-corrected chi connectivity index (χ2v) is 9.04. The Balaban J connectivity index is 0.00000300. The van der Waals surface area contributed by atoms with E-state index in [9.17, 15) is 0 Å². The van der Waals surface area contributed by atoms with E-state index < -0.39 is 0 Å².